The van der Waals surface area contributed by atoms with Gasteiger partial charge in [0.1, 0.15) is 0 Å². The van der Waals surface area contributed by atoms with Crippen molar-refractivity contribution in [1.29, 1.82) is 0 Å². The predicted molar refractivity (Wildman–Crippen MR) is 95.4 cm³/mol. The monoisotopic (exact) mass is 359 g/mol. The lowest BCUT2D eigenvalue weighted by atomic mass is 10.1. The molecule has 25 heavy (non-hydrogen) atoms. The quantitative estimate of drug-likeness (QED) is 0.883. The van der Waals surface area contributed by atoms with Gasteiger partial charge in [0.05, 0.1) is 5.25 Å². The summed E-state index contributed by atoms with van der Waals surface area (Å²) in [7, 11) is -3.50. The third-order valence-electron chi connectivity index (χ3n) is 4.33. The van der Waals surface area contributed by atoms with Crippen LogP contribution in [0.15, 0.2) is 54.9 Å². The van der Waals surface area contributed by atoms with E-state index in [1.807, 2.05) is 12.1 Å². The van der Waals surface area contributed by atoms with Crippen molar-refractivity contribution in [2.24, 2.45) is 0 Å². The number of carbonyl (C=O) groups excluding carboxylic acids is 1. The van der Waals surface area contributed by atoms with Gasteiger partial charge in [-0.05, 0) is 36.6 Å². The Morgan fingerprint density at radius 3 is 2.72 bits per heavy atom. The highest BCUT2D eigenvalue weighted by Gasteiger charge is 2.32. The van der Waals surface area contributed by atoms with E-state index >= 15 is 0 Å². The highest BCUT2D eigenvalue weighted by Crippen LogP contribution is 2.19. The van der Waals surface area contributed by atoms with E-state index < -0.39 is 15.3 Å². The van der Waals surface area contributed by atoms with E-state index in [1.54, 1.807) is 47.6 Å². The normalized spacial score (nSPS) is 18.1. The molecule has 6 nitrogen and oxygen atoms in total. The Balaban J connectivity index is 1.65. The largest absolute Gasteiger partial charge is 0.337 e. The standard InChI is InChI=1S/C18H21N3O3S/c22-18(16-7-2-1-3-8-16)21-11-5-9-17(14-21)25(23,24)20-13-15-6-4-10-19-12-15/h1-4,6-8,10,12,17,20H,5,9,11,13-14H2. The molecule has 0 radical (unpaired) electrons. The molecule has 1 aromatic heterocycles. The summed E-state index contributed by atoms with van der Waals surface area (Å²) in [5.74, 6) is -0.118. The number of hydrogen-bond donors (Lipinski definition) is 1. The Labute approximate surface area is 147 Å². The molecule has 1 saturated heterocycles. The predicted octanol–water partition coefficient (Wildman–Crippen LogP) is 1.81. The van der Waals surface area contributed by atoms with E-state index in [0.717, 1.165) is 5.56 Å². The number of aromatic nitrogens is 1. The first kappa shape index (κ1) is 17.6. The summed E-state index contributed by atoms with van der Waals surface area (Å²) in [6.07, 6.45) is 4.51. The number of likely N-dealkylation sites (tertiary alicyclic amines) is 1. The van der Waals surface area contributed by atoms with Crippen molar-refractivity contribution in [3.8, 4) is 0 Å². The number of rotatable bonds is 5. The maximum Gasteiger partial charge on any atom is 0.253 e. The van der Waals surface area contributed by atoms with Gasteiger partial charge in [-0.2, -0.15) is 0 Å². The zero-order valence-corrected chi connectivity index (χ0v) is 14.7. The molecule has 132 valence electrons. The minimum absolute atomic E-state index is 0.118. The van der Waals surface area contributed by atoms with Crippen molar-refractivity contribution in [3.05, 3.63) is 66.0 Å². The number of pyridine rings is 1. The lowest BCUT2D eigenvalue weighted by Gasteiger charge is -2.32. The smallest absolute Gasteiger partial charge is 0.253 e. The van der Waals surface area contributed by atoms with Crippen LogP contribution in [0.4, 0.5) is 0 Å². The number of piperidine rings is 1. The number of nitrogens with zero attached hydrogens (tertiary/aromatic N) is 2. The summed E-state index contributed by atoms with van der Waals surface area (Å²) in [5.41, 5.74) is 1.39. The lowest BCUT2D eigenvalue weighted by molar-refractivity contribution is 0.0726. The molecule has 0 spiro atoms. The van der Waals surface area contributed by atoms with Gasteiger partial charge in [-0.25, -0.2) is 13.1 Å². The van der Waals surface area contributed by atoms with Gasteiger partial charge in [0.2, 0.25) is 10.0 Å². The fourth-order valence-corrected chi connectivity index (χ4v) is 4.40. The average Bonchev–Trinajstić information content (AvgIpc) is 2.67. The molecule has 1 aromatic carbocycles. The lowest BCUT2D eigenvalue weighted by Crippen LogP contribution is -2.48. The van der Waals surface area contributed by atoms with Crippen LogP contribution in [0.5, 0.6) is 0 Å². The van der Waals surface area contributed by atoms with Crippen LogP contribution < -0.4 is 4.72 Å². The van der Waals surface area contributed by atoms with Crippen molar-refractivity contribution >= 4 is 15.9 Å². The van der Waals surface area contributed by atoms with Crippen molar-refractivity contribution < 1.29 is 13.2 Å². The molecular formula is C18H21N3O3S. The molecule has 1 N–H and O–H groups in total. The number of hydrogen-bond acceptors (Lipinski definition) is 4. The number of sulfonamides is 1. The van der Waals surface area contributed by atoms with Crippen LogP contribution in [-0.4, -0.2) is 42.5 Å². The first-order valence-electron chi connectivity index (χ1n) is 8.28. The van der Waals surface area contributed by atoms with Crippen LogP contribution in [0.25, 0.3) is 0 Å². The van der Waals surface area contributed by atoms with Gasteiger partial charge >= 0.3 is 0 Å². The molecule has 0 bridgehead atoms. The van der Waals surface area contributed by atoms with Crippen molar-refractivity contribution in [3.63, 3.8) is 0 Å². The maximum atomic E-state index is 12.6. The van der Waals surface area contributed by atoms with E-state index in [4.69, 9.17) is 0 Å². The SMILES string of the molecule is O=C(c1ccccc1)N1CCCC(S(=O)(=O)NCc2cccnc2)C1. The van der Waals surface area contributed by atoms with Crippen LogP contribution in [0.3, 0.4) is 0 Å². The fraction of sp³-hybridized carbons (Fsp3) is 0.333. The molecule has 1 atom stereocenters. The molecule has 1 unspecified atom stereocenters. The Kier molecular flexibility index (Phi) is 5.45. The summed E-state index contributed by atoms with van der Waals surface area (Å²) in [6, 6.07) is 12.6. The van der Waals surface area contributed by atoms with Gasteiger partial charge in [-0.1, -0.05) is 24.3 Å². The molecule has 2 aromatic rings. The molecule has 0 saturated carbocycles. The van der Waals surface area contributed by atoms with E-state index in [-0.39, 0.29) is 19.0 Å². The second-order valence-electron chi connectivity index (χ2n) is 6.11. The molecule has 3 rings (SSSR count). The van der Waals surface area contributed by atoms with Crippen molar-refractivity contribution in [2.75, 3.05) is 13.1 Å². The zero-order chi connectivity index (χ0) is 17.7. The molecule has 0 aliphatic carbocycles. The minimum atomic E-state index is -3.50. The van der Waals surface area contributed by atoms with E-state index in [1.165, 1.54) is 0 Å². The van der Waals surface area contributed by atoms with Crippen LogP contribution in [0.1, 0.15) is 28.8 Å². The van der Waals surface area contributed by atoms with Crippen LogP contribution in [0, 0.1) is 0 Å². The van der Waals surface area contributed by atoms with E-state index in [2.05, 4.69) is 9.71 Å². The highest BCUT2D eigenvalue weighted by atomic mass is 32.2. The molecule has 1 aliphatic heterocycles. The average molecular weight is 359 g/mol. The Hall–Kier alpha value is -2.25. The van der Waals surface area contributed by atoms with Gasteiger partial charge in [0.25, 0.3) is 5.91 Å². The second kappa shape index (κ2) is 7.76. The Bertz CT molecular complexity index is 810. The van der Waals surface area contributed by atoms with Crippen LogP contribution in [-0.2, 0) is 16.6 Å². The number of amides is 1. The molecule has 1 fully saturated rings. The van der Waals surface area contributed by atoms with Crippen LogP contribution >= 0.6 is 0 Å². The van der Waals surface area contributed by atoms with Gasteiger partial charge in [0, 0.05) is 37.6 Å². The van der Waals surface area contributed by atoms with E-state index in [9.17, 15) is 13.2 Å². The number of nitrogens with one attached hydrogen (secondary N) is 1. The van der Waals surface area contributed by atoms with Gasteiger partial charge < -0.3 is 4.90 Å². The number of benzene rings is 1. The highest BCUT2D eigenvalue weighted by molar-refractivity contribution is 7.90. The molecular weight excluding hydrogens is 338 g/mol. The van der Waals surface area contributed by atoms with Gasteiger partial charge in [-0.15, -0.1) is 0 Å². The molecule has 1 amide bonds. The first-order chi connectivity index (χ1) is 12.1. The summed E-state index contributed by atoms with van der Waals surface area (Å²) in [6.45, 7) is 1.01. The summed E-state index contributed by atoms with van der Waals surface area (Å²) in [4.78, 5) is 18.2. The van der Waals surface area contributed by atoms with Gasteiger partial charge in [0.15, 0.2) is 0 Å². The van der Waals surface area contributed by atoms with Gasteiger partial charge in [-0.3, -0.25) is 9.78 Å². The Morgan fingerprint density at radius 1 is 1.20 bits per heavy atom. The van der Waals surface area contributed by atoms with Crippen molar-refractivity contribution in [1.82, 2.24) is 14.6 Å². The maximum absolute atomic E-state index is 12.6. The van der Waals surface area contributed by atoms with Crippen molar-refractivity contribution in [2.45, 2.75) is 24.6 Å². The second-order valence-corrected chi connectivity index (χ2v) is 8.15. The Morgan fingerprint density at radius 2 is 2.00 bits per heavy atom. The third kappa shape index (κ3) is 4.43. The molecule has 7 heteroatoms. The minimum Gasteiger partial charge on any atom is -0.337 e. The summed E-state index contributed by atoms with van der Waals surface area (Å²) in [5, 5.41) is -0.592. The number of carbonyl (C=O) groups is 1. The summed E-state index contributed by atoms with van der Waals surface area (Å²) >= 11 is 0. The van der Waals surface area contributed by atoms with E-state index in [0.29, 0.717) is 24.9 Å². The fourth-order valence-electron chi connectivity index (χ4n) is 2.94. The first-order valence-corrected chi connectivity index (χ1v) is 9.82. The zero-order valence-electron chi connectivity index (χ0n) is 13.8. The topological polar surface area (TPSA) is 79.4 Å². The molecule has 1 aliphatic rings. The summed E-state index contributed by atoms with van der Waals surface area (Å²) < 4.78 is 27.8. The van der Waals surface area contributed by atoms with Crippen LogP contribution in [0.2, 0.25) is 0 Å². The molecule has 2 heterocycles. The third-order valence-corrected chi connectivity index (χ3v) is 6.13.